The highest BCUT2D eigenvalue weighted by Gasteiger charge is 2.38. The normalized spacial score (nSPS) is 15.7. The molecule has 0 spiro atoms. The number of hydrogen-bond acceptors (Lipinski definition) is 6. The van der Waals surface area contributed by atoms with E-state index in [1.165, 1.54) is 27.6 Å². The van der Waals surface area contributed by atoms with E-state index >= 15 is 0 Å². The number of amides is 1. The van der Waals surface area contributed by atoms with Gasteiger partial charge in [-0.25, -0.2) is 9.78 Å². The third-order valence-electron chi connectivity index (χ3n) is 7.39. The average Bonchev–Trinajstić information content (AvgIpc) is 3.60. The molecule has 1 unspecified atom stereocenters. The highest BCUT2D eigenvalue weighted by atomic mass is 16.5. The van der Waals surface area contributed by atoms with Crippen LogP contribution in [0.4, 0.5) is 0 Å². The van der Waals surface area contributed by atoms with E-state index < -0.39 is 17.4 Å². The first-order valence-electron chi connectivity index (χ1n) is 12.7. The van der Waals surface area contributed by atoms with Gasteiger partial charge in [0.25, 0.3) is 5.91 Å². The fraction of sp³-hybridized carbons (Fsp3) is 0.345. The van der Waals surface area contributed by atoms with E-state index in [0.29, 0.717) is 39.9 Å². The number of carbonyl (C=O) groups excluding carboxylic acids is 1. The molecule has 198 valence electrons. The summed E-state index contributed by atoms with van der Waals surface area (Å²) in [5.41, 5.74) is 0.508. The fourth-order valence-corrected chi connectivity index (χ4v) is 5.22. The number of aliphatic carboxylic acids is 1. The molecule has 1 aliphatic carbocycles. The first kappa shape index (κ1) is 25.4. The van der Waals surface area contributed by atoms with Crippen LogP contribution in [0.3, 0.4) is 0 Å². The standard InChI is InChI=1S/C29H31N3O6/c1-29(28(34)35,19-12-14-23(36-2)25(17-19)37-3)31-27(33)18-11-13-22-21(16-18)30-26(24-10-7-15-38-24)32(22)20-8-5-4-6-9-20/h7,10-17,20H,4-6,8-9H2,1-3H3,(H,31,33)(H,34,35). The molecule has 0 saturated heterocycles. The summed E-state index contributed by atoms with van der Waals surface area (Å²) in [5, 5.41) is 12.8. The van der Waals surface area contributed by atoms with E-state index in [-0.39, 0.29) is 0 Å². The van der Waals surface area contributed by atoms with E-state index in [1.54, 1.807) is 36.6 Å². The molecule has 1 fully saturated rings. The Balaban J connectivity index is 1.51. The van der Waals surface area contributed by atoms with Crippen LogP contribution in [0.25, 0.3) is 22.6 Å². The van der Waals surface area contributed by atoms with Crippen molar-refractivity contribution in [3.63, 3.8) is 0 Å². The van der Waals surface area contributed by atoms with E-state index in [0.717, 1.165) is 37.0 Å². The third-order valence-corrected chi connectivity index (χ3v) is 7.39. The smallest absolute Gasteiger partial charge is 0.333 e. The van der Waals surface area contributed by atoms with Gasteiger partial charge in [-0.3, -0.25) is 4.79 Å². The number of ether oxygens (including phenoxy) is 2. The van der Waals surface area contributed by atoms with Crippen LogP contribution >= 0.6 is 0 Å². The van der Waals surface area contributed by atoms with Crippen LogP contribution in [-0.4, -0.2) is 40.8 Å². The van der Waals surface area contributed by atoms with Gasteiger partial charge in [0, 0.05) is 11.6 Å². The summed E-state index contributed by atoms with van der Waals surface area (Å²) in [6, 6.07) is 14.1. The Bertz CT molecular complexity index is 1470. The van der Waals surface area contributed by atoms with Gasteiger partial charge in [0.2, 0.25) is 0 Å². The predicted octanol–water partition coefficient (Wildman–Crippen LogP) is 5.55. The summed E-state index contributed by atoms with van der Waals surface area (Å²) in [5.74, 6) is 0.493. The number of furan rings is 1. The Morgan fingerprint density at radius 2 is 1.82 bits per heavy atom. The van der Waals surface area contributed by atoms with Gasteiger partial charge in [-0.05, 0) is 67.8 Å². The van der Waals surface area contributed by atoms with Crippen LogP contribution in [0.1, 0.15) is 61.0 Å². The summed E-state index contributed by atoms with van der Waals surface area (Å²) in [7, 11) is 2.97. The van der Waals surface area contributed by atoms with Crippen LogP contribution in [0.2, 0.25) is 0 Å². The molecule has 0 radical (unpaired) electrons. The summed E-state index contributed by atoms with van der Waals surface area (Å²) >= 11 is 0. The Hall–Kier alpha value is -4.27. The minimum absolute atomic E-state index is 0.300. The number of carbonyl (C=O) groups is 2. The van der Waals surface area contributed by atoms with Crippen molar-refractivity contribution in [3.8, 4) is 23.1 Å². The molecule has 2 heterocycles. The van der Waals surface area contributed by atoms with Crippen molar-refractivity contribution in [1.82, 2.24) is 14.9 Å². The predicted molar refractivity (Wildman–Crippen MR) is 142 cm³/mol. The zero-order valence-electron chi connectivity index (χ0n) is 21.7. The molecular formula is C29H31N3O6. The van der Waals surface area contributed by atoms with Crippen LogP contribution in [0.15, 0.2) is 59.2 Å². The lowest BCUT2D eigenvalue weighted by Crippen LogP contribution is -2.49. The Morgan fingerprint density at radius 1 is 1.05 bits per heavy atom. The highest BCUT2D eigenvalue weighted by molar-refractivity contribution is 6.00. The molecule has 5 rings (SSSR count). The third kappa shape index (κ3) is 4.49. The molecule has 2 aromatic carbocycles. The van der Waals surface area contributed by atoms with Crippen LogP contribution in [0.5, 0.6) is 11.5 Å². The van der Waals surface area contributed by atoms with Crippen molar-refractivity contribution >= 4 is 22.9 Å². The highest BCUT2D eigenvalue weighted by Crippen LogP contribution is 2.37. The monoisotopic (exact) mass is 517 g/mol. The number of aromatic nitrogens is 2. The van der Waals surface area contributed by atoms with Crippen molar-refractivity contribution < 1.29 is 28.6 Å². The second-order valence-corrected chi connectivity index (χ2v) is 9.73. The van der Waals surface area contributed by atoms with Crippen LogP contribution < -0.4 is 14.8 Å². The van der Waals surface area contributed by atoms with Crippen LogP contribution in [0, 0.1) is 0 Å². The lowest BCUT2D eigenvalue weighted by molar-refractivity contribution is -0.144. The number of methoxy groups -OCH3 is 2. The maximum Gasteiger partial charge on any atom is 0.333 e. The summed E-state index contributed by atoms with van der Waals surface area (Å²) < 4.78 is 18.5. The number of carboxylic acids is 1. The average molecular weight is 518 g/mol. The van der Waals surface area contributed by atoms with Gasteiger partial charge >= 0.3 is 5.97 Å². The first-order valence-corrected chi connectivity index (χ1v) is 12.7. The zero-order valence-corrected chi connectivity index (χ0v) is 21.7. The molecule has 9 nitrogen and oxygen atoms in total. The molecule has 0 aliphatic heterocycles. The van der Waals surface area contributed by atoms with E-state index in [2.05, 4.69) is 9.88 Å². The van der Waals surface area contributed by atoms with Gasteiger partial charge in [-0.1, -0.05) is 25.3 Å². The molecule has 9 heteroatoms. The Kier molecular flexibility index (Phi) is 6.84. The molecule has 2 aromatic heterocycles. The van der Waals surface area contributed by atoms with Crippen molar-refractivity contribution in [3.05, 3.63) is 65.9 Å². The minimum atomic E-state index is -1.72. The number of benzene rings is 2. The number of rotatable bonds is 8. The zero-order chi connectivity index (χ0) is 26.9. The molecule has 2 N–H and O–H groups in total. The summed E-state index contributed by atoms with van der Waals surface area (Å²) in [6.07, 6.45) is 7.29. The van der Waals surface area contributed by atoms with Crippen molar-refractivity contribution in [1.29, 1.82) is 0 Å². The Labute approximate surface area is 220 Å². The molecular weight excluding hydrogens is 486 g/mol. The molecule has 0 bridgehead atoms. The quantitative estimate of drug-likeness (QED) is 0.315. The summed E-state index contributed by atoms with van der Waals surface area (Å²) in [6.45, 7) is 1.44. The van der Waals surface area contributed by atoms with Crippen molar-refractivity contribution in [2.24, 2.45) is 0 Å². The number of imidazole rings is 1. The number of fused-ring (bicyclic) bond motifs is 1. The van der Waals surface area contributed by atoms with Gasteiger partial charge < -0.3 is 28.9 Å². The van der Waals surface area contributed by atoms with Crippen LogP contribution in [-0.2, 0) is 10.3 Å². The molecule has 1 atom stereocenters. The molecule has 38 heavy (non-hydrogen) atoms. The number of carboxylic acid groups (broad SMARTS) is 1. The summed E-state index contributed by atoms with van der Waals surface area (Å²) in [4.78, 5) is 30.6. The first-order chi connectivity index (χ1) is 18.4. The second-order valence-electron chi connectivity index (χ2n) is 9.73. The van der Waals surface area contributed by atoms with Crippen molar-refractivity contribution in [2.75, 3.05) is 14.2 Å². The topological polar surface area (TPSA) is 116 Å². The maximum absolute atomic E-state index is 13.4. The number of nitrogens with one attached hydrogen (secondary N) is 1. The fourth-order valence-electron chi connectivity index (χ4n) is 5.22. The molecule has 1 saturated carbocycles. The molecule has 1 aliphatic rings. The van der Waals surface area contributed by atoms with Gasteiger partial charge in [-0.15, -0.1) is 0 Å². The lowest BCUT2D eigenvalue weighted by atomic mass is 9.91. The lowest BCUT2D eigenvalue weighted by Gasteiger charge is -2.27. The maximum atomic E-state index is 13.4. The second kappa shape index (κ2) is 10.2. The molecule has 4 aromatic rings. The number of nitrogens with zero attached hydrogens (tertiary/aromatic N) is 2. The van der Waals surface area contributed by atoms with E-state index in [4.69, 9.17) is 18.9 Å². The van der Waals surface area contributed by atoms with Gasteiger partial charge in [0.1, 0.15) is 0 Å². The van der Waals surface area contributed by atoms with Gasteiger partial charge in [0.05, 0.1) is 31.5 Å². The van der Waals surface area contributed by atoms with E-state index in [1.807, 2.05) is 18.2 Å². The van der Waals surface area contributed by atoms with Gasteiger partial charge in [-0.2, -0.15) is 0 Å². The van der Waals surface area contributed by atoms with E-state index in [9.17, 15) is 14.7 Å². The van der Waals surface area contributed by atoms with Gasteiger partial charge in [0.15, 0.2) is 28.6 Å². The minimum Gasteiger partial charge on any atom is -0.493 e. The Morgan fingerprint density at radius 3 is 2.47 bits per heavy atom. The SMILES string of the molecule is COc1ccc(C(C)(NC(=O)c2ccc3c(c2)nc(-c2ccco2)n3C2CCCCC2)C(=O)O)cc1OC. The molecule has 1 amide bonds. The number of hydrogen-bond donors (Lipinski definition) is 2. The van der Waals surface area contributed by atoms with Crippen molar-refractivity contribution in [2.45, 2.75) is 50.6 Å². The largest absolute Gasteiger partial charge is 0.493 e.